The summed E-state index contributed by atoms with van der Waals surface area (Å²) in [6.07, 6.45) is 3.31. The number of benzene rings is 2. The van der Waals surface area contributed by atoms with Crippen LogP contribution >= 0.6 is 0 Å². The lowest BCUT2D eigenvalue weighted by Crippen LogP contribution is -2.64. The number of likely N-dealkylation sites (N-methyl/N-ethyl adjacent to an activating group) is 1. The molecule has 28 heavy (non-hydrogen) atoms. The highest BCUT2D eigenvalue weighted by Crippen LogP contribution is 2.63. The predicted molar refractivity (Wildman–Crippen MR) is 115 cm³/mol. The first-order valence-electron chi connectivity index (χ1n) is 10.5. The van der Waals surface area contributed by atoms with Crippen LogP contribution in [0.4, 0.5) is 11.4 Å². The molecule has 4 heteroatoms. The molecule has 144 valence electrons. The third-order valence-corrected chi connectivity index (χ3v) is 8.15. The van der Waals surface area contributed by atoms with Crippen LogP contribution in [0.15, 0.2) is 42.1 Å². The van der Waals surface area contributed by atoms with Crippen molar-refractivity contribution in [1.82, 2.24) is 4.90 Å². The van der Waals surface area contributed by atoms with Gasteiger partial charge in [-0.2, -0.15) is 0 Å². The van der Waals surface area contributed by atoms with Gasteiger partial charge in [-0.25, -0.2) is 0 Å². The summed E-state index contributed by atoms with van der Waals surface area (Å²) in [7, 11) is 2.30. The van der Waals surface area contributed by atoms with Crippen LogP contribution in [-0.4, -0.2) is 30.6 Å². The van der Waals surface area contributed by atoms with Crippen LogP contribution in [0.25, 0.3) is 5.57 Å². The number of allylic oxidation sites excluding steroid dienone is 1. The summed E-state index contributed by atoms with van der Waals surface area (Å²) >= 11 is 0. The van der Waals surface area contributed by atoms with Gasteiger partial charge >= 0.3 is 0 Å². The Labute approximate surface area is 166 Å². The SMILES string of the molecule is Cc1ccccc1C1=C(N)C2Nc3c(N)ccc4c3C23CCN(C)C(C4)C3C1. The minimum Gasteiger partial charge on any atom is -0.400 e. The lowest BCUT2D eigenvalue weighted by molar-refractivity contribution is 0.0283. The maximum Gasteiger partial charge on any atom is 0.0762 e. The molecule has 0 radical (unpaired) electrons. The van der Waals surface area contributed by atoms with E-state index in [0.29, 0.717) is 12.0 Å². The maximum absolute atomic E-state index is 6.96. The number of nitrogens with zero attached hydrogens (tertiary/aromatic N) is 1. The first-order chi connectivity index (χ1) is 13.5. The summed E-state index contributed by atoms with van der Waals surface area (Å²) < 4.78 is 0. The van der Waals surface area contributed by atoms with Crippen molar-refractivity contribution in [3.05, 3.63) is 64.3 Å². The fourth-order valence-electron chi connectivity index (χ4n) is 6.85. The van der Waals surface area contributed by atoms with E-state index in [0.717, 1.165) is 42.9 Å². The first kappa shape index (κ1) is 16.5. The van der Waals surface area contributed by atoms with E-state index in [4.69, 9.17) is 11.5 Å². The van der Waals surface area contributed by atoms with E-state index in [2.05, 4.69) is 60.6 Å². The Kier molecular flexibility index (Phi) is 3.14. The molecule has 2 heterocycles. The maximum atomic E-state index is 6.96. The number of anilines is 2. The summed E-state index contributed by atoms with van der Waals surface area (Å²) in [6, 6.07) is 13.7. The molecule has 5 N–H and O–H groups in total. The van der Waals surface area contributed by atoms with Crippen molar-refractivity contribution in [3.8, 4) is 0 Å². The van der Waals surface area contributed by atoms with E-state index in [1.54, 1.807) is 0 Å². The number of aryl methyl sites for hydroxylation is 1. The summed E-state index contributed by atoms with van der Waals surface area (Å²) in [4.78, 5) is 2.58. The van der Waals surface area contributed by atoms with Crippen molar-refractivity contribution in [1.29, 1.82) is 0 Å². The summed E-state index contributed by atoms with van der Waals surface area (Å²) in [6.45, 7) is 3.32. The van der Waals surface area contributed by atoms with Gasteiger partial charge in [0.05, 0.1) is 17.4 Å². The standard InChI is InChI=1S/C24H28N4/c1-13-5-3-4-6-15(13)16-12-17-19-11-14-7-8-18(25)22-20(14)24(17,9-10-28(19)2)23(27-22)21(16)26/h3-8,17,19,23,27H,9-12,25-26H2,1-2H3. The van der Waals surface area contributed by atoms with E-state index in [9.17, 15) is 0 Å². The highest BCUT2D eigenvalue weighted by Gasteiger charge is 2.63. The number of likely N-dealkylation sites (tertiary alicyclic amines) is 1. The normalized spacial score (nSPS) is 32.9. The van der Waals surface area contributed by atoms with Crippen molar-refractivity contribution in [2.45, 2.75) is 43.7 Å². The van der Waals surface area contributed by atoms with Gasteiger partial charge in [0.15, 0.2) is 0 Å². The molecule has 4 nitrogen and oxygen atoms in total. The largest absolute Gasteiger partial charge is 0.400 e. The lowest BCUT2D eigenvalue weighted by Gasteiger charge is -2.58. The topological polar surface area (TPSA) is 67.3 Å². The molecule has 0 amide bonds. The van der Waals surface area contributed by atoms with Crippen LogP contribution in [0, 0.1) is 12.8 Å². The Balaban J connectivity index is 1.63. The van der Waals surface area contributed by atoms with E-state index in [-0.39, 0.29) is 11.5 Å². The van der Waals surface area contributed by atoms with Gasteiger partial charge in [-0.05, 0) is 79.6 Å². The van der Waals surface area contributed by atoms with Crippen LogP contribution in [0.3, 0.4) is 0 Å². The number of nitrogen functional groups attached to an aromatic ring is 1. The summed E-state index contributed by atoms with van der Waals surface area (Å²) in [5.74, 6) is 0.571. The number of nitrogens with one attached hydrogen (secondary N) is 1. The minimum absolute atomic E-state index is 0.0890. The lowest BCUT2D eigenvalue weighted by atomic mass is 9.51. The molecule has 2 aromatic rings. The van der Waals surface area contributed by atoms with E-state index in [1.165, 1.54) is 27.8 Å². The average molecular weight is 373 g/mol. The Morgan fingerprint density at radius 1 is 1.11 bits per heavy atom. The van der Waals surface area contributed by atoms with Gasteiger partial charge in [0.2, 0.25) is 0 Å². The molecular formula is C24H28N4. The zero-order valence-corrected chi connectivity index (χ0v) is 16.6. The second kappa shape index (κ2) is 5.32. The quantitative estimate of drug-likeness (QED) is 0.672. The van der Waals surface area contributed by atoms with Crippen LogP contribution in [0.1, 0.15) is 35.1 Å². The van der Waals surface area contributed by atoms with Crippen molar-refractivity contribution in [3.63, 3.8) is 0 Å². The Bertz CT molecular complexity index is 1040. The van der Waals surface area contributed by atoms with Gasteiger partial charge in [-0.3, -0.25) is 0 Å². The Hall–Kier alpha value is -2.46. The fraction of sp³-hybridized carbons (Fsp3) is 0.417. The van der Waals surface area contributed by atoms with Crippen LogP contribution in [0.2, 0.25) is 0 Å². The summed E-state index contributed by atoms with van der Waals surface area (Å²) in [5, 5.41) is 3.82. The summed E-state index contributed by atoms with van der Waals surface area (Å²) in [5.41, 5.74) is 23.5. The van der Waals surface area contributed by atoms with Crippen LogP contribution in [0.5, 0.6) is 0 Å². The Morgan fingerprint density at radius 3 is 2.75 bits per heavy atom. The highest BCUT2D eigenvalue weighted by molar-refractivity contribution is 5.84. The second-order valence-electron chi connectivity index (χ2n) is 9.24. The molecule has 1 fully saturated rings. The van der Waals surface area contributed by atoms with Gasteiger partial charge in [-0.1, -0.05) is 30.3 Å². The zero-order valence-electron chi connectivity index (χ0n) is 16.6. The molecule has 2 aliphatic heterocycles. The van der Waals surface area contributed by atoms with Crippen LogP contribution < -0.4 is 16.8 Å². The molecule has 1 spiro atoms. The molecule has 1 saturated heterocycles. The molecule has 2 aromatic carbocycles. The number of hydrogen-bond donors (Lipinski definition) is 3. The zero-order chi connectivity index (χ0) is 19.2. The van der Waals surface area contributed by atoms with E-state index >= 15 is 0 Å². The molecule has 0 aromatic heterocycles. The highest BCUT2D eigenvalue weighted by atomic mass is 15.2. The van der Waals surface area contributed by atoms with Crippen molar-refractivity contribution < 1.29 is 0 Å². The van der Waals surface area contributed by atoms with Crippen LogP contribution in [-0.2, 0) is 11.8 Å². The molecule has 4 unspecified atom stereocenters. The van der Waals surface area contributed by atoms with Gasteiger partial charge < -0.3 is 21.7 Å². The van der Waals surface area contributed by atoms with E-state index in [1.807, 2.05) is 0 Å². The van der Waals surface area contributed by atoms with Crippen molar-refractivity contribution in [2.24, 2.45) is 11.7 Å². The van der Waals surface area contributed by atoms with Gasteiger partial charge in [0.25, 0.3) is 0 Å². The third kappa shape index (κ3) is 1.80. The molecule has 6 rings (SSSR count). The van der Waals surface area contributed by atoms with Crippen molar-refractivity contribution >= 4 is 16.9 Å². The average Bonchev–Trinajstić information content (AvgIpc) is 3.04. The first-order valence-corrected chi connectivity index (χ1v) is 10.5. The predicted octanol–water partition coefficient (Wildman–Crippen LogP) is 3.26. The molecule has 2 aliphatic carbocycles. The smallest absolute Gasteiger partial charge is 0.0762 e. The minimum atomic E-state index is 0.0890. The van der Waals surface area contributed by atoms with Crippen molar-refractivity contribution in [2.75, 3.05) is 24.6 Å². The third-order valence-electron chi connectivity index (χ3n) is 8.15. The molecule has 4 atom stereocenters. The van der Waals surface area contributed by atoms with Gasteiger partial charge in [-0.15, -0.1) is 0 Å². The number of rotatable bonds is 1. The monoisotopic (exact) mass is 372 g/mol. The van der Waals surface area contributed by atoms with Gasteiger partial charge in [0, 0.05) is 17.2 Å². The number of hydrogen-bond acceptors (Lipinski definition) is 4. The molecule has 2 bridgehead atoms. The molecule has 4 aliphatic rings. The Morgan fingerprint density at radius 2 is 1.93 bits per heavy atom. The fourth-order valence-corrected chi connectivity index (χ4v) is 6.85. The number of piperidine rings is 1. The molecule has 0 saturated carbocycles. The second-order valence-corrected chi connectivity index (χ2v) is 9.24. The van der Waals surface area contributed by atoms with Gasteiger partial charge in [0.1, 0.15) is 0 Å². The van der Waals surface area contributed by atoms with E-state index < -0.39 is 0 Å². The molecular weight excluding hydrogens is 344 g/mol. The number of nitrogens with two attached hydrogens (primary N) is 2.